The summed E-state index contributed by atoms with van der Waals surface area (Å²) in [5, 5.41) is 3.30. The van der Waals surface area contributed by atoms with Crippen molar-refractivity contribution >= 4 is 23.0 Å². The van der Waals surface area contributed by atoms with Gasteiger partial charge in [0.2, 0.25) is 0 Å². The predicted molar refractivity (Wildman–Crippen MR) is 76.7 cm³/mol. The number of rotatable bonds is 7. The lowest BCUT2D eigenvalue weighted by atomic mass is 10.1. The Bertz CT molecular complexity index is 380. The summed E-state index contributed by atoms with van der Waals surface area (Å²) >= 11 is 4.83. The van der Waals surface area contributed by atoms with Gasteiger partial charge in [-0.15, -0.1) is 0 Å². The fraction of sp³-hybridized carbons (Fsp3) is 0.583. The van der Waals surface area contributed by atoms with Crippen molar-refractivity contribution in [3.8, 4) is 0 Å². The highest BCUT2D eigenvalue weighted by Gasteiger charge is 2.14. The predicted octanol–water partition coefficient (Wildman–Crippen LogP) is 1.58. The van der Waals surface area contributed by atoms with Crippen LogP contribution in [0.1, 0.15) is 26.5 Å². The molecule has 18 heavy (non-hydrogen) atoms. The Morgan fingerprint density at radius 1 is 1.44 bits per heavy atom. The molecule has 0 amide bonds. The Hall–Kier alpha value is -1.27. The normalized spacial score (nSPS) is 12.4. The molecule has 100 valence electrons. The van der Waals surface area contributed by atoms with Crippen LogP contribution in [0.25, 0.3) is 0 Å². The molecule has 1 heterocycles. The van der Waals surface area contributed by atoms with Gasteiger partial charge in [-0.1, -0.05) is 26.1 Å². The molecule has 1 aromatic heterocycles. The van der Waals surface area contributed by atoms with Crippen molar-refractivity contribution in [3.05, 3.63) is 18.1 Å². The molecule has 1 rings (SSSR count). The number of nitrogens with zero attached hydrogens (tertiary/aromatic N) is 2. The quantitative estimate of drug-likeness (QED) is 0.732. The number of nitrogens with one attached hydrogen (secondary N) is 1. The summed E-state index contributed by atoms with van der Waals surface area (Å²) in [6.07, 6.45) is 3.21. The largest absolute Gasteiger partial charge is 0.388 e. The van der Waals surface area contributed by atoms with Gasteiger partial charge < -0.3 is 15.8 Å². The summed E-state index contributed by atoms with van der Waals surface area (Å²) in [5.74, 6) is 1.14. The molecule has 0 fully saturated rings. The zero-order valence-electron chi connectivity index (χ0n) is 11.0. The minimum absolute atomic E-state index is 0.204. The van der Waals surface area contributed by atoms with Gasteiger partial charge in [0.1, 0.15) is 16.5 Å². The van der Waals surface area contributed by atoms with Gasteiger partial charge in [0, 0.05) is 6.61 Å². The molecular formula is C12H20N4OS. The first-order valence-corrected chi connectivity index (χ1v) is 6.41. The SMILES string of the molecule is CCOCC(Nc1cnc(C(N)=S)cn1)C(C)C. The Morgan fingerprint density at radius 2 is 2.17 bits per heavy atom. The Morgan fingerprint density at radius 3 is 2.61 bits per heavy atom. The molecular weight excluding hydrogens is 248 g/mol. The number of aromatic nitrogens is 2. The number of nitrogens with two attached hydrogens (primary N) is 1. The van der Waals surface area contributed by atoms with Crippen LogP contribution in [-0.2, 0) is 4.74 Å². The summed E-state index contributed by atoms with van der Waals surface area (Å²) < 4.78 is 5.44. The first-order valence-electron chi connectivity index (χ1n) is 6.00. The second-order valence-corrected chi connectivity index (χ2v) is 4.75. The fourth-order valence-corrected chi connectivity index (χ4v) is 1.47. The third-order valence-electron chi connectivity index (χ3n) is 2.54. The summed E-state index contributed by atoms with van der Waals surface area (Å²) in [7, 11) is 0. The highest BCUT2D eigenvalue weighted by atomic mass is 32.1. The molecule has 0 saturated heterocycles. The number of anilines is 1. The highest BCUT2D eigenvalue weighted by molar-refractivity contribution is 7.80. The average molecular weight is 268 g/mol. The van der Waals surface area contributed by atoms with Crippen molar-refractivity contribution in [2.75, 3.05) is 18.5 Å². The van der Waals surface area contributed by atoms with Gasteiger partial charge in [-0.3, -0.25) is 0 Å². The second kappa shape index (κ2) is 7.23. The van der Waals surface area contributed by atoms with Gasteiger partial charge in [0.25, 0.3) is 0 Å². The van der Waals surface area contributed by atoms with Crippen LogP contribution in [0.5, 0.6) is 0 Å². The van der Waals surface area contributed by atoms with Crippen LogP contribution in [0.2, 0.25) is 0 Å². The van der Waals surface area contributed by atoms with Gasteiger partial charge in [-0.25, -0.2) is 9.97 Å². The maximum atomic E-state index is 5.47. The molecule has 1 unspecified atom stereocenters. The zero-order valence-corrected chi connectivity index (χ0v) is 11.8. The van der Waals surface area contributed by atoms with Crippen molar-refractivity contribution in [2.45, 2.75) is 26.8 Å². The van der Waals surface area contributed by atoms with E-state index in [0.717, 1.165) is 0 Å². The molecule has 0 aliphatic rings. The van der Waals surface area contributed by atoms with Gasteiger partial charge >= 0.3 is 0 Å². The van der Waals surface area contributed by atoms with Crippen LogP contribution in [0.15, 0.2) is 12.4 Å². The third kappa shape index (κ3) is 4.54. The van der Waals surface area contributed by atoms with E-state index in [4.69, 9.17) is 22.7 Å². The maximum Gasteiger partial charge on any atom is 0.144 e. The van der Waals surface area contributed by atoms with E-state index in [1.807, 2.05) is 6.92 Å². The number of hydrogen-bond acceptors (Lipinski definition) is 5. The first kappa shape index (κ1) is 14.8. The van der Waals surface area contributed by atoms with Crippen LogP contribution in [0.3, 0.4) is 0 Å². The highest BCUT2D eigenvalue weighted by Crippen LogP contribution is 2.10. The van der Waals surface area contributed by atoms with Gasteiger partial charge in [0.05, 0.1) is 25.0 Å². The van der Waals surface area contributed by atoms with Crippen LogP contribution in [0.4, 0.5) is 5.82 Å². The molecule has 0 aliphatic heterocycles. The summed E-state index contributed by atoms with van der Waals surface area (Å²) in [4.78, 5) is 8.63. The molecule has 3 N–H and O–H groups in total. The van der Waals surface area contributed by atoms with Crippen LogP contribution >= 0.6 is 12.2 Å². The molecule has 0 saturated carbocycles. The lowest BCUT2D eigenvalue weighted by Crippen LogP contribution is -2.31. The Labute approximate surface area is 113 Å². The van der Waals surface area contributed by atoms with E-state index in [1.165, 1.54) is 0 Å². The van der Waals surface area contributed by atoms with Crippen molar-refractivity contribution in [3.63, 3.8) is 0 Å². The van der Waals surface area contributed by atoms with E-state index >= 15 is 0 Å². The minimum atomic E-state index is 0.204. The average Bonchev–Trinajstić information content (AvgIpc) is 2.34. The van der Waals surface area contributed by atoms with E-state index in [0.29, 0.717) is 30.6 Å². The van der Waals surface area contributed by atoms with Crippen molar-refractivity contribution in [2.24, 2.45) is 11.7 Å². The lowest BCUT2D eigenvalue weighted by Gasteiger charge is -2.22. The lowest BCUT2D eigenvalue weighted by molar-refractivity contribution is 0.126. The molecule has 1 atom stereocenters. The van der Waals surface area contributed by atoms with E-state index in [1.54, 1.807) is 12.4 Å². The third-order valence-corrected chi connectivity index (χ3v) is 2.75. The van der Waals surface area contributed by atoms with E-state index in [9.17, 15) is 0 Å². The number of thiocarbonyl (C=S) groups is 1. The number of ether oxygens (including phenoxy) is 1. The molecule has 0 radical (unpaired) electrons. The molecule has 0 aromatic carbocycles. The van der Waals surface area contributed by atoms with Crippen LogP contribution < -0.4 is 11.1 Å². The molecule has 0 spiro atoms. The maximum absolute atomic E-state index is 5.47. The molecule has 5 nitrogen and oxygen atoms in total. The van der Waals surface area contributed by atoms with Gasteiger partial charge in [0.15, 0.2) is 0 Å². The van der Waals surface area contributed by atoms with E-state index in [2.05, 4.69) is 29.1 Å². The smallest absolute Gasteiger partial charge is 0.144 e. The molecule has 6 heteroatoms. The van der Waals surface area contributed by atoms with Crippen LogP contribution in [0, 0.1) is 5.92 Å². The second-order valence-electron chi connectivity index (χ2n) is 4.31. The summed E-state index contributed by atoms with van der Waals surface area (Å²) in [6.45, 7) is 7.60. The van der Waals surface area contributed by atoms with Crippen molar-refractivity contribution in [1.82, 2.24) is 9.97 Å². The zero-order chi connectivity index (χ0) is 13.5. The van der Waals surface area contributed by atoms with Crippen molar-refractivity contribution < 1.29 is 4.74 Å². The Kier molecular flexibility index (Phi) is 5.94. The monoisotopic (exact) mass is 268 g/mol. The summed E-state index contributed by atoms with van der Waals surface area (Å²) in [5.41, 5.74) is 6.00. The van der Waals surface area contributed by atoms with Gasteiger partial charge in [-0.05, 0) is 12.8 Å². The van der Waals surface area contributed by atoms with E-state index < -0.39 is 0 Å². The summed E-state index contributed by atoms with van der Waals surface area (Å²) in [6, 6.07) is 0.204. The standard InChI is InChI=1S/C12H20N4OS/c1-4-17-7-10(8(2)3)16-11-6-14-9(5-15-11)12(13)18/h5-6,8,10H,4,7H2,1-3H3,(H2,13,18)(H,15,16). The fourth-order valence-electron chi connectivity index (χ4n) is 1.37. The number of hydrogen-bond donors (Lipinski definition) is 2. The minimum Gasteiger partial charge on any atom is -0.388 e. The topological polar surface area (TPSA) is 73.1 Å². The van der Waals surface area contributed by atoms with Crippen molar-refractivity contribution in [1.29, 1.82) is 0 Å². The first-order chi connectivity index (χ1) is 8.54. The molecule has 0 aliphatic carbocycles. The van der Waals surface area contributed by atoms with Crippen LogP contribution in [-0.4, -0.2) is 34.2 Å². The van der Waals surface area contributed by atoms with Gasteiger partial charge in [-0.2, -0.15) is 0 Å². The molecule has 1 aromatic rings. The molecule has 0 bridgehead atoms. The van der Waals surface area contributed by atoms with E-state index in [-0.39, 0.29) is 11.0 Å². The Balaban J connectivity index is 2.65.